The molecular formula is C16H20N4O3S. The van der Waals surface area contributed by atoms with Crippen molar-refractivity contribution in [2.75, 3.05) is 13.1 Å². The molecule has 3 heterocycles. The zero-order valence-electron chi connectivity index (χ0n) is 13.9. The number of amides is 1. The second-order valence-electron chi connectivity index (χ2n) is 6.42. The molecule has 1 fully saturated rings. The van der Waals surface area contributed by atoms with Crippen LogP contribution in [-0.2, 0) is 11.8 Å². The molecule has 2 unspecified atom stereocenters. The van der Waals surface area contributed by atoms with E-state index in [-0.39, 0.29) is 18.4 Å². The van der Waals surface area contributed by atoms with E-state index in [1.54, 1.807) is 15.8 Å². The fourth-order valence-electron chi connectivity index (χ4n) is 3.09. The number of nitrogens with zero attached hydrogens (tertiary/aromatic N) is 4. The maximum atomic E-state index is 12.9. The fourth-order valence-corrected chi connectivity index (χ4v) is 4.10. The fraction of sp³-hybridized carbons (Fsp3) is 0.500. The Morgan fingerprint density at radius 2 is 2.12 bits per heavy atom. The van der Waals surface area contributed by atoms with E-state index in [1.165, 1.54) is 11.3 Å². The van der Waals surface area contributed by atoms with E-state index in [0.29, 0.717) is 23.5 Å². The first-order valence-corrected chi connectivity index (χ1v) is 8.65. The van der Waals surface area contributed by atoms with Gasteiger partial charge in [0.25, 0.3) is 5.91 Å². The van der Waals surface area contributed by atoms with E-state index >= 15 is 0 Å². The number of hydrogen-bond donors (Lipinski definition) is 1. The summed E-state index contributed by atoms with van der Waals surface area (Å²) in [6.07, 6.45) is 4.19. The second kappa shape index (κ2) is 6.35. The Hall–Kier alpha value is -2.22. The number of thiazole rings is 1. The van der Waals surface area contributed by atoms with Crippen LogP contribution in [0.3, 0.4) is 0 Å². The molecule has 128 valence electrons. The third-order valence-electron chi connectivity index (χ3n) is 4.24. The average Bonchev–Trinajstić information content (AvgIpc) is 3.11. The minimum atomic E-state index is -0.837. The van der Waals surface area contributed by atoms with Crippen LogP contribution >= 0.6 is 11.3 Å². The van der Waals surface area contributed by atoms with Crippen molar-refractivity contribution in [1.29, 1.82) is 0 Å². The molecule has 1 aliphatic rings. The maximum absolute atomic E-state index is 12.9. The summed E-state index contributed by atoms with van der Waals surface area (Å²) in [7, 11) is 1.83. The van der Waals surface area contributed by atoms with Gasteiger partial charge in [-0.15, -0.1) is 11.3 Å². The van der Waals surface area contributed by atoms with Crippen LogP contribution in [0.1, 0.15) is 28.7 Å². The van der Waals surface area contributed by atoms with Gasteiger partial charge in [-0.2, -0.15) is 5.10 Å². The summed E-state index contributed by atoms with van der Waals surface area (Å²) in [4.78, 5) is 30.9. The van der Waals surface area contributed by atoms with Gasteiger partial charge in [0.2, 0.25) is 0 Å². The Labute approximate surface area is 143 Å². The lowest BCUT2D eigenvalue weighted by Gasteiger charge is -2.34. The van der Waals surface area contributed by atoms with E-state index in [1.807, 2.05) is 27.1 Å². The molecule has 3 rings (SSSR count). The third kappa shape index (κ3) is 3.19. The summed E-state index contributed by atoms with van der Waals surface area (Å²) in [5.74, 6) is -1.28. The molecule has 0 aliphatic carbocycles. The number of hydrogen-bond acceptors (Lipinski definition) is 5. The Morgan fingerprint density at radius 3 is 2.75 bits per heavy atom. The molecule has 2 aromatic rings. The van der Waals surface area contributed by atoms with Crippen molar-refractivity contribution in [2.45, 2.75) is 20.3 Å². The number of carboxylic acids is 1. The summed E-state index contributed by atoms with van der Waals surface area (Å²) in [6.45, 7) is 4.64. The highest BCUT2D eigenvalue weighted by Gasteiger charge is 2.33. The van der Waals surface area contributed by atoms with E-state index in [9.17, 15) is 14.7 Å². The van der Waals surface area contributed by atoms with Crippen LogP contribution in [0.4, 0.5) is 0 Å². The molecule has 2 aromatic heterocycles. The molecule has 24 heavy (non-hydrogen) atoms. The number of carbonyl (C=O) groups excluding carboxylic acids is 1. The third-order valence-corrected chi connectivity index (χ3v) is 5.43. The summed E-state index contributed by atoms with van der Waals surface area (Å²) in [5, 5.41) is 14.2. The van der Waals surface area contributed by atoms with E-state index < -0.39 is 11.9 Å². The van der Waals surface area contributed by atoms with Crippen LogP contribution < -0.4 is 0 Å². The second-order valence-corrected chi connectivity index (χ2v) is 7.42. The number of carboxylic acid groups (broad SMARTS) is 1. The molecule has 0 bridgehead atoms. The van der Waals surface area contributed by atoms with Gasteiger partial charge in [0.05, 0.1) is 17.8 Å². The number of carbonyl (C=O) groups is 2. The molecule has 1 saturated heterocycles. The van der Waals surface area contributed by atoms with Crippen molar-refractivity contribution in [3.05, 3.63) is 23.0 Å². The molecule has 0 saturated carbocycles. The van der Waals surface area contributed by atoms with Gasteiger partial charge in [0.1, 0.15) is 9.88 Å². The van der Waals surface area contributed by atoms with E-state index in [0.717, 1.165) is 10.6 Å². The van der Waals surface area contributed by atoms with Crippen LogP contribution in [0.15, 0.2) is 12.4 Å². The summed E-state index contributed by atoms with van der Waals surface area (Å²) < 4.78 is 1.69. The smallest absolute Gasteiger partial charge is 0.308 e. The molecule has 2 atom stereocenters. The molecule has 1 N–H and O–H groups in total. The van der Waals surface area contributed by atoms with Crippen molar-refractivity contribution >= 4 is 23.2 Å². The van der Waals surface area contributed by atoms with Crippen LogP contribution in [-0.4, -0.2) is 49.7 Å². The van der Waals surface area contributed by atoms with Crippen LogP contribution in [0.25, 0.3) is 10.6 Å². The normalized spacial score (nSPS) is 21.0. The van der Waals surface area contributed by atoms with Crippen LogP contribution in [0, 0.1) is 18.8 Å². The predicted octanol–water partition coefficient (Wildman–Crippen LogP) is 2.03. The SMILES string of the molecule is Cc1nc(-c2cnn(C)c2)sc1C(=O)N1CC(C)CC(C(=O)O)C1. The molecule has 0 spiro atoms. The Kier molecular flexibility index (Phi) is 4.40. The quantitative estimate of drug-likeness (QED) is 0.917. The molecule has 1 amide bonds. The van der Waals surface area contributed by atoms with Crippen LogP contribution in [0.2, 0.25) is 0 Å². The first kappa shape index (κ1) is 16.6. The largest absolute Gasteiger partial charge is 0.481 e. The van der Waals surface area contributed by atoms with Crippen LogP contribution in [0.5, 0.6) is 0 Å². The first-order chi connectivity index (χ1) is 11.3. The molecule has 7 nitrogen and oxygen atoms in total. The molecular weight excluding hydrogens is 328 g/mol. The highest BCUT2D eigenvalue weighted by Crippen LogP contribution is 2.30. The summed E-state index contributed by atoms with van der Waals surface area (Å²) in [6, 6.07) is 0. The lowest BCUT2D eigenvalue weighted by atomic mass is 9.90. The van der Waals surface area contributed by atoms with Crippen molar-refractivity contribution in [3.8, 4) is 10.6 Å². The molecule has 0 aromatic carbocycles. The number of aliphatic carboxylic acids is 1. The van der Waals surface area contributed by atoms with E-state index in [4.69, 9.17) is 0 Å². The van der Waals surface area contributed by atoms with Gasteiger partial charge in [-0.25, -0.2) is 4.98 Å². The van der Waals surface area contributed by atoms with Gasteiger partial charge in [0, 0.05) is 31.9 Å². The number of aryl methyl sites for hydroxylation is 2. The number of likely N-dealkylation sites (tertiary alicyclic amines) is 1. The zero-order chi connectivity index (χ0) is 17.4. The topological polar surface area (TPSA) is 88.3 Å². The van der Waals surface area contributed by atoms with Gasteiger partial charge in [-0.1, -0.05) is 6.92 Å². The van der Waals surface area contributed by atoms with Crippen molar-refractivity contribution in [2.24, 2.45) is 18.9 Å². The molecule has 1 aliphatic heterocycles. The number of aromatic nitrogens is 3. The van der Waals surface area contributed by atoms with Gasteiger partial charge in [-0.3, -0.25) is 14.3 Å². The lowest BCUT2D eigenvalue weighted by Crippen LogP contribution is -2.45. The lowest BCUT2D eigenvalue weighted by molar-refractivity contribution is -0.143. The average molecular weight is 348 g/mol. The predicted molar refractivity (Wildman–Crippen MR) is 89.9 cm³/mol. The van der Waals surface area contributed by atoms with Gasteiger partial charge in [0.15, 0.2) is 0 Å². The maximum Gasteiger partial charge on any atom is 0.308 e. The van der Waals surface area contributed by atoms with Crippen molar-refractivity contribution in [1.82, 2.24) is 19.7 Å². The number of piperidine rings is 1. The highest BCUT2D eigenvalue weighted by atomic mass is 32.1. The van der Waals surface area contributed by atoms with Crippen molar-refractivity contribution < 1.29 is 14.7 Å². The minimum Gasteiger partial charge on any atom is -0.481 e. The van der Waals surface area contributed by atoms with Gasteiger partial charge in [-0.05, 0) is 19.3 Å². The minimum absolute atomic E-state index is 0.127. The molecule has 0 radical (unpaired) electrons. The van der Waals surface area contributed by atoms with Gasteiger partial charge >= 0.3 is 5.97 Å². The Bertz CT molecular complexity index is 782. The molecule has 8 heteroatoms. The zero-order valence-corrected chi connectivity index (χ0v) is 14.7. The monoisotopic (exact) mass is 348 g/mol. The highest BCUT2D eigenvalue weighted by molar-refractivity contribution is 7.17. The first-order valence-electron chi connectivity index (χ1n) is 7.83. The summed E-state index contributed by atoms with van der Waals surface area (Å²) >= 11 is 1.34. The summed E-state index contributed by atoms with van der Waals surface area (Å²) in [5.41, 5.74) is 1.55. The van der Waals surface area contributed by atoms with E-state index in [2.05, 4.69) is 10.1 Å². The standard InChI is InChI=1S/C16H20N4O3S/c1-9-4-11(16(22)23)8-20(6-9)15(21)13-10(2)18-14(24-13)12-5-17-19(3)7-12/h5,7,9,11H,4,6,8H2,1-3H3,(H,22,23). The number of rotatable bonds is 3. The van der Waals surface area contributed by atoms with Crippen molar-refractivity contribution in [3.63, 3.8) is 0 Å². The Balaban J connectivity index is 1.84. The van der Waals surface area contributed by atoms with Gasteiger partial charge < -0.3 is 10.0 Å². The Morgan fingerprint density at radius 1 is 1.38 bits per heavy atom.